The summed E-state index contributed by atoms with van der Waals surface area (Å²) in [6.45, 7) is 3.49. The largest absolute Gasteiger partial charge is 0.478 e. The van der Waals surface area contributed by atoms with Gasteiger partial charge in [0.05, 0.1) is 0 Å². The van der Waals surface area contributed by atoms with Gasteiger partial charge < -0.3 is 10.0 Å². The number of carbonyl (C=O) groups excluding carboxylic acids is 1. The maximum atomic E-state index is 12.5. The lowest BCUT2D eigenvalue weighted by Gasteiger charge is -2.20. The zero-order valence-corrected chi connectivity index (χ0v) is 12.9. The van der Waals surface area contributed by atoms with Crippen LogP contribution in [0.1, 0.15) is 27.9 Å². The van der Waals surface area contributed by atoms with Gasteiger partial charge in [-0.25, -0.2) is 4.79 Å². The highest BCUT2D eigenvalue weighted by Crippen LogP contribution is 2.17. The number of carboxylic acid groups (broad SMARTS) is 1. The summed E-state index contributed by atoms with van der Waals surface area (Å²) >= 11 is 1.89. The van der Waals surface area contributed by atoms with Gasteiger partial charge in [0, 0.05) is 30.5 Å². The Morgan fingerprint density at radius 2 is 2.10 bits per heavy atom. The standard InChI is InChI=1S/C16H19NO3S/c1-12-11-14(4-3-13(12)5-6-15(18)19)16(20)17-7-2-9-21-10-8-17/h3-6,11H,2,7-10H2,1H3,(H,18,19)/b6-5+. The summed E-state index contributed by atoms with van der Waals surface area (Å²) in [6, 6.07) is 5.41. The van der Waals surface area contributed by atoms with Crippen LogP contribution in [0.3, 0.4) is 0 Å². The molecule has 2 rings (SSSR count). The number of benzene rings is 1. The average Bonchev–Trinajstić information content (AvgIpc) is 2.74. The molecule has 0 aromatic heterocycles. The number of hydrogen-bond acceptors (Lipinski definition) is 3. The van der Waals surface area contributed by atoms with Gasteiger partial charge in [-0.1, -0.05) is 6.07 Å². The smallest absolute Gasteiger partial charge is 0.328 e. The normalized spacial score (nSPS) is 16.0. The molecule has 1 aromatic rings. The number of aryl methyl sites for hydroxylation is 1. The van der Waals surface area contributed by atoms with Crippen molar-refractivity contribution in [3.8, 4) is 0 Å². The van der Waals surface area contributed by atoms with E-state index in [4.69, 9.17) is 5.11 Å². The Hall–Kier alpha value is -1.75. The van der Waals surface area contributed by atoms with Gasteiger partial charge in [0.1, 0.15) is 0 Å². The number of carbonyl (C=O) groups is 2. The number of carboxylic acids is 1. The fraction of sp³-hybridized carbons (Fsp3) is 0.375. The molecule has 1 saturated heterocycles. The molecule has 1 aromatic carbocycles. The first-order valence-electron chi connectivity index (χ1n) is 6.96. The summed E-state index contributed by atoms with van der Waals surface area (Å²) in [7, 11) is 0. The Kier molecular flexibility index (Phi) is 5.44. The zero-order valence-electron chi connectivity index (χ0n) is 12.0. The molecule has 0 atom stereocenters. The summed E-state index contributed by atoms with van der Waals surface area (Å²) in [6.07, 6.45) is 3.69. The summed E-state index contributed by atoms with van der Waals surface area (Å²) in [4.78, 5) is 24.9. The van der Waals surface area contributed by atoms with Crippen LogP contribution in [0.2, 0.25) is 0 Å². The van der Waals surface area contributed by atoms with Crippen LogP contribution < -0.4 is 0 Å². The van der Waals surface area contributed by atoms with E-state index in [1.54, 1.807) is 18.2 Å². The van der Waals surface area contributed by atoms with Gasteiger partial charge in [-0.15, -0.1) is 0 Å². The lowest BCUT2D eigenvalue weighted by Crippen LogP contribution is -2.32. The third kappa shape index (κ3) is 4.36. The van der Waals surface area contributed by atoms with Gasteiger partial charge in [-0.2, -0.15) is 11.8 Å². The number of hydrogen-bond donors (Lipinski definition) is 1. The molecule has 0 saturated carbocycles. The maximum absolute atomic E-state index is 12.5. The second-order valence-electron chi connectivity index (χ2n) is 5.00. The highest BCUT2D eigenvalue weighted by molar-refractivity contribution is 7.99. The molecule has 21 heavy (non-hydrogen) atoms. The van der Waals surface area contributed by atoms with Gasteiger partial charge in [-0.05, 0) is 48.4 Å². The first-order chi connectivity index (χ1) is 10.1. The number of amides is 1. The van der Waals surface area contributed by atoms with Crippen molar-refractivity contribution >= 4 is 29.7 Å². The molecule has 1 aliphatic heterocycles. The van der Waals surface area contributed by atoms with E-state index < -0.39 is 5.97 Å². The molecule has 112 valence electrons. The molecule has 1 aliphatic rings. The van der Waals surface area contributed by atoms with Gasteiger partial charge in [0.25, 0.3) is 5.91 Å². The van der Waals surface area contributed by atoms with E-state index in [2.05, 4.69) is 0 Å². The van der Waals surface area contributed by atoms with Gasteiger partial charge in [0.15, 0.2) is 0 Å². The maximum Gasteiger partial charge on any atom is 0.328 e. The van der Waals surface area contributed by atoms with E-state index in [1.807, 2.05) is 29.7 Å². The topological polar surface area (TPSA) is 57.6 Å². The van der Waals surface area contributed by atoms with Crippen molar-refractivity contribution in [2.24, 2.45) is 0 Å². The lowest BCUT2D eigenvalue weighted by molar-refractivity contribution is -0.131. The highest BCUT2D eigenvalue weighted by atomic mass is 32.2. The third-order valence-corrected chi connectivity index (χ3v) is 4.48. The van der Waals surface area contributed by atoms with Crippen molar-refractivity contribution in [1.29, 1.82) is 0 Å². The van der Waals surface area contributed by atoms with Crippen molar-refractivity contribution in [1.82, 2.24) is 4.90 Å². The van der Waals surface area contributed by atoms with Crippen molar-refractivity contribution in [2.75, 3.05) is 24.6 Å². The van der Waals surface area contributed by atoms with Crippen molar-refractivity contribution in [3.05, 3.63) is 41.0 Å². The summed E-state index contributed by atoms with van der Waals surface area (Å²) < 4.78 is 0. The van der Waals surface area contributed by atoms with E-state index in [9.17, 15) is 9.59 Å². The van der Waals surface area contributed by atoms with E-state index >= 15 is 0 Å². The van der Waals surface area contributed by atoms with Crippen LogP contribution >= 0.6 is 11.8 Å². The van der Waals surface area contributed by atoms with Crippen LogP contribution in [0.4, 0.5) is 0 Å². The van der Waals surface area contributed by atoms with Gasteiger partial charge in [-0.3, -0.25) is 4.79 Å². The first kappa shape index (κ1) is 15.6. The predicted octanol–water partition coefficient (Wildman–Crippen LogP) is 2.67. The minimum Gasteiger partial charge on any atom is -0.478 e. The van der Waals surface area contributed by atoms with Crippen LogP contribution in [0.25, 0.3) is 6.08 Å². The Bertz CT molecular complexity index is 561. The molecule has 1 N–H and O–H groups in total. The van der Waals surface area contributed by atoms with E-state index in [0.29, 0.717) is 5.56 Å². The fourth-order valence-electron chi connectivity index (χ4n) is 2.29. The molecule has 1 heterocycles. The predicted molar refractivity (Wildman–Crippen MR) is 85.7 cm³/mol. The fourth-order valence-corrected chi connectivity index (χ4v) is 3.18. The Balaban J connectivity index is 2.15. The van der Waals surface area contributed by atoms with E-state index in [0.717, 1.165) is 48.2 Å². The first-order valence-corrected chi connectivity index (χ1v) is 8.12. The summed E-state index contributed by atoms with van der Waals surface area (Å²) in [5.74, 6) is 1.19. The van der Waals surface area contributed by atoms with Crippen molar-refractivity contribution in [3.63, 3.8) is 0 Å². The summed E-state index contributed by atoms with van der Waals surface area (Å²) in [5, 5.41) is 8.66. The molecule has 0 spiro atoms. The quantitative estimate of drug-likeness (QED) is 0.872. The monoisotopic (exact) mass is 305 g/mol. The van der Waals surface area contributed by atoms with Crippen LogP contribution in [-0.4, -0.2) is 46.5 Å². The minimum absolute atomic E-state index is 0.0642. The van der Waals surface area contributed by atoms with E-state index in [-0.39, 0.29) is 5.91 Å². The number of rotatable bonds is 3. The number of thioether (sulfide) groups is 1. The lowest BCUT2D eigenvalue weighted by atomic mass is 10.0. The molecule has 5 heteroatoms. The molecular formula is C16H19NO3S. The Morgan fingerprint density at radius 3 is 2.81 bits per heavy atom. The molecule has 0 bridgehead atoms. The molecule has 0 radical (unpaired) electrons. The third-order valence-electron chi connectivity index (χ3n) is 3.43. The van der Waals surface area contributed by atoms with Gasteiger partial charge >= 0.3 is 5.97 Å². The summed E-state index contributed by atoms with van der Waals surface area (Å²) in [5.41, 5.74) is 2.40. The van der Waals surface area contributed by atoms with Crippen LogP contribution in [-0.2, 0) is 4.79 Å². The molecule has 1 amide bonds. The highest BCUT2D eigenvalue weighted by Gasteiger charge is 2.17. The molecule has 0 unspecified atom stereocenters. The number of nitrogens with zero attached hydrogens (tertiary/aromatic N) is 1. The molecule has 4 nitrogen and oxygen atoms in total. The van der Waals surface area contributed by atoms with Crippen LogP contribution in [0.5, 0.6) is 0 Å². The van der Waals surface area contributed by atoms with E-state index in [1.165, 1.54) is 0 Å². The number of aliphatic carboxylic acids is 1. The second kappa shape index (κ2) is 7.31. The van der Waals surface area contributed by atoms with Crippen molar-refractivity contribution in [2.45, 2.75) is 13.3 Å². The Morgan fingerprint density at radius 1 is 1.29 bits per heavy atom. The van der Waals surface area contributed by atoms with Crippen LogP contribution in [0.15, 0.2) is 24.3 Å². The Labute approximate surface area is 128 Å². The van der Waals surface area contributed by atoms with Gasteiger partial charge in [0.2, 0.25) is 0 Å². The molecule has 1 fully saturated rings. The molecule has 0 aliphatic carbocycles. The SMILES string of the molecule is Cc1cc(C(=O)N2CCCSCC2)ccc1/C=C/C(=O)O. The minimum atomic E-state index is -0.975. The second-order valence-corrected chi connectivity index (χ2v) is 6.23. The van der Waals surface area contributed by atoms with Crippen molar-refractivity contribution < 1.29 is 14.7 Å². The van der Waals surface area contributed by atoms with Crippen LogP contribution in [0, 0.1) is 6.92 Å². The molecular weight excluding hydrogens is 286 g/mol. The average molecular weight is 305 g/mol. The zero-order chi connectivity index (χ0) is 15.2.